The average Bonchev–Trinajstić information content (AvgIpc) is 2.31. The van der Waals surface area contributed by atoms with Gasteiger partial charge in [-0.25, -0.2) is 0 Å². The van der Waals surface area contributed by atoms with Gasteiger partial charge in [-0.15, -0.1) is 0 Å². The maximum absolute atomic E-state index is 5.93. The maximum Gasteiger partial charge on any atom is 0.164 e. The molecule has 1 rings (SSSR count). The molecule has 1 heterocycles. The summed E-state index contributed by atoms with van der Waals surface area (Å²) in [5.41, 5.74) is 1.22. The summed E-state index contributed by atoms with van der Waals surface area (Å²) in [7, 11) is 0. The standard InChI is InChI=1S/C13H23BrO2/c1-10(8-9-14)6-7-11-12(2,3)16-13(4,5)15-11/h8,11H,6-7,9H2,1-5H3. The van der Waals surface area contributed by atoms with Crippen LogP contribution < -0.4 is 0 Å². The van der Waals surface area contributed by atoms with Crippen molar-refractivity contribution in [2.75, 3.05) is 5.33 Å². The van der Waals surface area contributed by atoms with Crippen LogP contribution in [0.5, 0.6) is 0 Å². The lowest BCUT2D eigenvalue weighted by atomic mass is 9.96. The van der Waals surface area contributed by atoms with Crippen molar-refractivity contribution in [1.82, 2.24) is 0 Å². The second kappa shape index (κ2) is 5.19. The minimum Gasteiger partial charge on any atom is -0.344 e. The molecule has 0 saturated carbocycles. The zero-order chi connectivity index (χ0) is 12.4. The van der Waals surface area contributed by atoms with Crippen molar-refractivity contribution in [1.29, 1.82) is 0 Å². The topological polar surface area (TPSA) is 18.5 Å². The number of rotatable bonds is 4. The maximum atomic E-state index is 5.93. The van der Waals surface area contributed by atoms with Crippen molar-refractivity contribution in [3.63, 3.8) is 0 Å². The van der Waals surface area contributed by atoms with Crippen molar-refractivity contribution >= 4 is 15.9 Å². The SMILES string of the molecule is CC(=CCBr)CCC1OC(C)(C)OC1(C)C. The van der Waals surface area contributed by atoms with Gasteiger partial charge in [-0.05, 0) is 47.5 Å². The fraction of sp³-hybridized carbons (Fsp3) is 0.846. The van der Waals surface area contributed by atoms with Gasteiger partial charge in [0.1, 0.15) is 0 Å². The van der Waals surface area contributed by atoms with E-state index < -0.39 is 5.79 Å². The summed E-state index contributed by atoms with van der Waals surface area (Å²) in [6.07, 6.45) is 4.47. The third kappa shape index (κ3) is 3.86. The van der Waals surface area contributed by atoms with E-state index in [4.69, 9.17) is 9.47 Å². The second-order valence-corrected chi connectivity index (χ2v) is 6.10. The normalized spacial score (nSPS) is 28.4. The van der Waals surface area contributed by atoms with Crippen LogP contribution in [0.3, 0.4) is 0 Å². The highest BCUT2D eigenvalue weighted by Gasteiger charge is 2.46. The van der Waals surface area contributed by atoms with Gasteiger partial charge < -0.3 is 9.47 Å². The highest BCUT2D eigenvalue weighted by atomic mass is 79.9. The van der Waals surface area contributed by atoms with Gasteiger partial charge in [0, 0.05) is 5.33 Å². The molecule has 3 heteroatoms. The molecule has 0 aromatic heterocycles. The fourth-order valence-corrected chi connectivity index (χ4v) is 2.76. The molecule has 2 nitrogen and oxygen atoms in total. The highest BCUT2D eigenvalue weighted by Crippen LogP contribution is 2.38. The predicted octanol–water partition coefficient (Wildman–Crippen LogP) is 4.04. The smallest absolute Gasteiger partial charge is 0.164 e. The molecule has 0 amide bonds. The number of hydrogen-bond acceptors (Lipinski definition) is 2. The summed E-state index contributed by atoms with van der Waals surface area (Å²) >= 11 is 3.41. The minimum absolute atomic E-state index is 0.182. The van der Waals surface area contributed by atoms with Crippen molar-refractivity contribution in [2.45, 2.75) is 65.0 Å². The first-order valence-corrected chi connectivity index (χ1v) is 6.98. The van der Waals surface area contributed by atoms with E-state index in [0.29, 0.717) is 0 Å². The van der Waals surface area contributed by atoms with Crippen LogP contribution in [-0.4, -0.2) is 22.8 Å². The first kappa shape index (κ1) is 14.2. The molecule has 0 N–H and O–H groups in total. The molecule has 1 atom stereocenters. The predicted molar refractivity (Wildman–Crippen MR) is 70.9 cm³/mol. The Balaban J connectivity index is 2.52. The molecule has 1 aliphatic rings. The van der Waals surface area contributed by atoms with E-state index in [1.165, 1.54) is 5.57 Å². The summed E-state index contributed by atoms with van der Waals surface area (Å²) in [6.45, 7) is 10.3. The fourth-order valence-electron chi connectivity index (χ4n) is 2.21. The lowest BCUT2D eigenvalue weighted by Gasteiger charge is -2.23. The molecule has 0 radical (unpaired) electrons. The Morgan fingerprint density at radius 1 is 1.31 bits per heavy atom. The summed E-state index contributed by atoms with van der Waals surface area (Å²) in [5, 5.41) is 0.926. The molecule has 94 valence electrons. The summed E-state index contributed by atoms with van der Waals surface area (Å²) in [6, 6.07) is 0. The van der Waals surface area contributed by atoms with Crippen molar-refractivity contribution in [3.05, 3.63) is 11.6 Å². The second-order valence-electron chi connectivity index (χ2n) is 5.46. The zero-order valence-electron chi connectivity index (χ0n) is 11.0. The van der Waals surface area contributed by atoms with E-state index in [-0.39, 0.29) is 11.7 Å². The lowest BCUT2D eigenvalue weighted by Crippen LogP contribution is -2.33. The van der Waals surface area contributed by atoms with E-state index in [0.717, 1.165) is 18.2 Å². The summed E-state index contributed by atoms with van der Waals surface area (Å²) in [4.78, 5) is 0. The lowest BCUT2D eigenvalue weighted by molar-refractivity contribution is -0.157. The Bertz CT molecular complexity index is 269. The van der Waals surface area contributed by atoms with Gasteiger partial charge in [0.25, 0.3) is 0 Å². The quantitative estimate of drug-likeness (QED) is 0.575. The van der Waals surface area contributed by atoms with Crippen LogP contribution in [0.15, 0.2) is 11.6 Å². The van der Waals surface area contributed by atoms with Crippen LogP contribution in [0.1, 0.15) is 47.5 Å². The van der Waals surface area contributed by atoms with Crippen LogP contribution >= 0.6 is 15.9 Å². The summed E-state index contributed by atoms with van der Waals surface area (Å²) in [5.74, 6) is -0.443. The Hall–Kier alpha value is 0.140. The van der Waals surface area contributed by atoms with E-state index in [9.17, 15) is 0 Å². The first-order valence-electron chi connectivity index (χ1n) is 5.86. The number of ether oxygens (including phenoxy) is 2. The molecule has 0 aliphatic carbocycles. The number of allylic oxidation sites excluding steroid dienone is 2. The average molecular weight is 291 g/mol. The van der Waals surface area contributed by atoms with Crippen molar-refractivity contribution in [3.8, 4) is 0 Å². The molecule has 0 spiro atoms. The van der Waals surface area contributed by atoms with Crippen molar-refractivity contribution < 1.29 is 9.47 Å². The largest absolute Gasteiger partial charge is 0.344 e. The van der Waals surface area contributed by atoms with Crippen LogP contribution in [-0.2, 0) is 9.47 Å². The number of hydrogen-bond donors (Lipinski definition) is 0. The Labute approximate surface area is 108 Å². The van der Waals surface area contributed by atoms with E-state index >= 15 is 0 Å². The van der Waals surface area contributed by atoms with Gasteiger partial charge in [-0.2, -0.15) is 0 Å². The van der Waals surface area contributed by atoms with Crippen molar-refractivity contribution in [2.24, 2.45) is 0 Å². The molecule has 1 saturated heterocycles. The Morgan fingerprint density at radius 2 is 1.94 bits per heavy atom. The van der Waals surface area contributed by atoms with Gasteiger partial charge in [0.05, 0.1) is 11.7 Å². The van der Waals surface area contributed by atoms with E-state index in [2.05, 4.69) is 42.8 Å². The molecule has 0 aromatic rings. The van der Waals surface area contributed by atoms with E-state index in [1.54, 1.807) is 0 Å². The molecule has 16 heavy (non-hydrogen) atoms. The van der Waals surface area contributed by atoms with Gasteiger partial charge in [0.2, 0.25) is 0 Å². The van der Waals surface area contributed by atoms with Gasteiger partial charge in [-0.1, -0.05) is 27.6 Å². The number of alkyl halides is 1. The van der Waals surface area contributed by atoms with Gasteiger partial charge in [-0.3, -0.25) is 0 Å². The van der Waals surface area contributed by atoms with Gasteiger partial charge in [0.15, 0.2) is 5.79 Å². The minimum atomic E-state index is -0.443. The Morgan fingerprint density at radius 3 is 2.38 bits per heavy atom. The van der Waals surface area contributed by atoms with Crippen LogP contribution in [0.4, 0.5) is 0 Å². The molecule has 0 aromatic carbocycles. The van der Waals surface area contributed by atoms with Crippen LogP contribution in [0, 0.1) is 0 Å². The first-order chi connectivity index (χ1) is 7.27. The van der Waals surface area contributed by atoms with E-state index in [1.807, 2.05) is 13.8 Å². The Kier molecular flexibility index (Phi) is 4.61. The third-order valence-corrected chi connectivity index (χ3v) is 3.26. The van der Waals surface area contributed by atoms with Gasteiger partial charge >= 0.3 is 0 Å². The molecule has 0 bridgehead atoms. The number of halogens is 1. The molecule has 1 fully saturated rings. The molecular formula is C13H23BrO2. The molecule has 1 unspecified atom stereocenters. The monoisotopic (exact) mass is 290 g/mol. The third-order valence-electron chi connectivity index (χ3n) is 2.94. The molecule has 1 aliphatic heterocycles. The molecular weight excluding hydrogens is 268 g/mol. The van der Waals surface area contributed by atoms with Crippen LogP contribution in [0.2, 0.25) is 0 Å². The van der Waals surface area contributed by atoms with Crippen LogP contribution in [0.25, 0.3) is 0 Å². The summed E-state index contributed by atoms with van der Waals surface area (Å²) < 4.78 is 11.8. The highest BCUT2D eigenvalue weighted by molar-refractivity contribution is 9.09. The zero-order valence-corrected chi connectivity index (χ0v) is 12.6.